The van der Waals surface area contributed by atoms with Gasteiger partial charge in [0.1, 0.15) is 12.4 Å². The lowest BCUT2D eigenvalue weighted by molar-refractivity contribution is 0.0903. The molecule has 1 N–H and O–H groups in total. The SMILES string of the molecule is CCc1cc(C(=O)CO)ccc1OCCCCc1nnn(C)n1. The Labute approximate surface area is 135 Å². The van der Waals surface area contributed by atoms with Crippen LogP contribution in [-0.4, -0.2) is 44.3 Å². The predicted molar refractivity (Wildman–Crippen MR) is 84.5 cm³/mol. The number of benzene rings is 1. The smallest absolute Gasteiger partial charge is 0.188 e. The van der Waals surface area contributed by atoms with Gasteiger partial charge in [-0.1, -0.05) is 6.92 Å². The molecule has 0 bridgehead atoms. The molecule has 23 heavy (non-hydrogen) atoms. The van der Waals surface area contributed by atoms with Gasteiger partial charge in [-0.25, -0.2) is 0 Å². The van der Waals surface area contributed by atoms with E-state index in [1.165, 1.54) is 4.80 Å². The average molecular weight is 318 g/mol. The van der Waals surface area contributed by atoms with E-state index in [-0.39, 0.29) is 5.78 Å². The number of ketones is 1. The Balaban J connectivity index is 1.81. The van der Waals surface area contributed by atoms with Crippen LogP contribution in [0.1, 0.15) is 41.5 Å². The Morgan fingerprint density at radius 2 is 2.17 bits per heavy atom. The van der Waals surface area contributed by atoms with Gasteiger partial charge in [-0.15, -0.1) is 10.2 Å². The van der Waals surface area contributed by atoms with Crippen molar-refractivity contribution in [3.05, 3.63) is 35.2 Å². The Bertz CT molecular complexity index is 655. The molecular formula is C16H22N4O3. The van der Waals surface area contributed by atoms with E-state index < -0.39 is 6.61 Å². The van der Waals surface area contributed by atoms with Crippen molar-refractivity contribution in [2.45, 2.75) is 32.6 Å². The Hall–Kier alpha value is -2.28. The predicted octanol–water partition coefficient (Wildman–Crippen LogP) is 1.35. The molecule has 0 amide bonds. The lowest BCUT2D eigenvalue weighted by Crippen LogP contribution is -2.06. The summed E-state index contributed by atoms with van der Waals surface area (Å²) in [4.78, 5) is 13.0. The number of rotatable bonds is 9. The highest BCUT2D eigenvalue weighted by molar-refractivity contribution is 5.97. The number of hydrogen-bond acceptors (Lipinski definition) is 6. The van der Waals surface area contributed by atoms with Gasteiger partial charge in [0.15, 0.2) is 11.6 Å². The molecule has 0 aliphatic rings. The summed E-state index contributed by atoms with van der Waals surface area (Å²) >= 11 is 0. The van der Waals surface area contributed by atoms with Crippen molar-refractivity contribution in [3.8, 4) is 5.75 Å². The van der Waals surface area contributed by atoms with Gasteiger partial charge in [0.25, 0.3) is 0 Å². The maximum atomic E-state index is 11.5. The van der Waals surface area contributed by atoms with Crippen molar-refractivity contribution < 1.29 is 14.6 Å². The van der Waals surface area contributed by atoms with E-state index in [0.717, 1.165) is 42.8 Å². The normalized spacial score (nSPS) is 10.7. The number of Topliss-reactive ketones (excluding diaryl/α,β-unsaturated/α-hetero) is 1. The number of hydrogen-bond donors (Lipinski definition) is 1. The van der Waals surface area contributed by atoms with Crippen molar-refractivity contribution in [2.24, 2.45) is 7.05 Å². The summed E-state index contributed by atoms with van der Waals surface area (Å²) in [6, 6.07) is 5.28. The lowest BCUT2D eigenvalue weighted by atomic mass is 10.0. The summed E-state index contributed by atoms with van der Waals surface area (Å²) < 4.78 is 5.80. The fraction of sp³-hybridized carbons (Fsp3) is 0.500. The number of carbonyl (C=O) groups excluding carboxylic acids is 1. The third-order valence-electron chi connectivity index (χ3n) is 3.51. The molecule has 0 unspecified atom stereocenters. The molecule has 0 atom stereocenters. The van der Waals surface area contributed by atoms with E-state index in [1.54, 1.807) is 25.2 Å². The third-order valence-corrected chi connectivity index (χ3v) is 3.51. The van der Waals surface area contributed by atoms with E-state index in [0.29, 0.717) is 12.2 Å². The number of aromatic nitrogens is 4. The van der Waals surface area contributed by atoms with Crippen LogP contribution in [0.3, 0.4) is 0 Å². The van der Waals surface area contributed by atoms with E-state index in [9.17, 15) is 4.79 Å². The van der Waals surface area contributed by atoms with Crippen LogP contribution in [0, 0.1) is 0 Å². The van der Waals surface area contributed by atoms with Crippen molar-refractivity contribution in [1.82, 2.24) is 20.2 Å². The van der Waals surface area contributed by atoms with Crippen LogP contribution in [0.15, 0.2) is 18.2 Å². The van der Waals surface area contributed by atoms with E-state index in [4.69, 9.17) is 9.84 Å². The monoisotopic (exact) mass is 318 g/mol. The summed E-state index contributed by atoms with van der Waals surface area (Å²) in [6.07, 6.45) is 3.36. The molecule has 124 valence electrons. The minimum atomic E-state index is -0.472. The van der Waals surface area contributed by atoms with Gasteiger partial charge < -0.3 is 9.84 Å². The standard InChI is InChI=1S/C16H22N4O3/c1-3-12-10-13(14(22)11-21)7-8-15(12)23-9-5-4-6-16-17-19-20(2)18-16/h7-8,10,21H,3-6,9,11H2,1-2H3. The molecule has 0 saturated heterocycles. The number of tetrazole rings is 1. The lowest BCUT2D eigenvalue weighted by Gasteiger charge is -2.11. The van der Waals surface area contributed by atoms with E-state index >= 15 is 0 Å². The highest BCUT2D eigenvalue weighted by atomic mass is 16.5. The van der Waals surface area contributed by atoms with E-state index in [1.807, 2.05) is 6.92 Å². The first-order valence-corrected chi connectivity index (χ1v) is 7.76. The highest BCUT2D eigenvalue weighted by Crippen LogP contribution is 2.21. The Morgan fingerprint density at radius 3 is 2.83 bits per heavy atom. The maximum Gasteiger partial charge on any atom is 0.188 e. The van der Waals surface area contributed by atoms with Crippen LogP contribution in [0.25, 0.3) is 0 Å². The van der Waals surface area contributed by atoms with Crippen LogP contribution in [0.4, 0.5) is 0 Å². The summed E-state index contributed by atoms with van der Waals surface area (Å²) in [5.41, 5.74) is 1.49. The largest absolute Gasteiger partial charge is 0.493 e. The summed E-state index contributed by atoms with van der Waals surface area (Å²) in [7, 11) is 1.75. The van der Waals surface area contributed by atoms with Crippen LogP contribution in [0.2, 0.25) is 0 Å². The zero-order valence-electron chi connectivity index (χ0n) is 13.5. The molecule has 2 aromatic rings. The fourth-order valence-corrected chi connectivity index (χ4v) is 2.25. The number of carbonyl (C=O) groups is 1. The first-order valence-electron chi connectivity index (χ1n) is 7.76. The molecule has 0 fully saturated rings. The number of aliphatic hydroxyl groups excluding tert-OH is 1. The second-order valence-electron chi connectivity index (χ2n) is 5.26. The highest BCUT2D eigenvalue weighted by Gasteiger charge is 2.09. The van der Waals surface area contributed by atoms with Crippen molar-refractivity contribution in [3.63, 3.8) is 0 Å². The van der Waals surface area contributed by atoms with Crippen LogP contribution in [0.5, 0.6) is 5.75 Å². The molecular weight excluding hydrogens is 296 g/mol. The number of aryl methyl sites for hydroxylation is 3. The number of aliphatic hydroxyl groups is 1. The minimum absolute atomic E-state index is 0.275. The molecule has 1 heterocycles. The summed E-state index contributed by atoms with van der Waals surface area (Å²) in [5.74, 6) is 1.26. The maximum absolute atomic E-state index is 11.5. The second-order valence-corrected chi connectivity index (χ2v) is 5.26. The van der Waals surface area contributed by atoms with Gasteiger partial charge >= 0.3 is 0 Å². The molecule has 1 aromatic carbocycles. The zero-order valence-corrected chi connectivity index (χ0v) is 13.5. The molecule has 2 rings (SSSR count). The summed E-state index contributed by atoms with van der Waals surface area (Å²) in [6.45, 7) is 2.13. The van der Waals surface area contributed by atoms with Crippen molar-refractivity contribution in [1.29, 1.82) is 0 Å². The molecule has 0 saturated carbocycles. The first kappa shape index (κ1) is 17.1. The minimum Gasteiger partial charge on any atom is -0.493 e. The molecule has 1 aromatic heterocycles. The number of ether oxygens (including phenoxy) is 1. The van der Waals surface area contributed by atoms with Gasteiger partial charge in [-0.3, -0.25) is 4.79 Å². The Morgan fingerprint density at radius 1 is 1.35 bits per heavy atom. The van der Waals surface area contributed by atoms with Crippen molar-refractivity contribution in [2.75, 3.05) is 13.2 Å². The van der Waals surface area contributed by atoms with Crippen LogP contribution >= 0.6 is 0 Å². The van der Waals surface area contributed by atoms with Gasteiger partial charge in [0.05, 0.1) is 13.7 Å². The van der Waals surface area contributed by atoms with Crippen LogP contribution in [-0.2, 0) is 19.9 Å². The summed E-state index contributed by atoms with van der Waals surface area (Å²) in [5, 5.41) is 20.8. The van der Waals surface area contributed by atoms with Gasteiger partial charge in [-0.2, -0.15) is 4.80 Å². The van der Waals surface area contributed by atoms with Gasteiger partial charge in [0, 0.05) is 12.0 Å². The number of unbranched alkanes of at least 4 members (excludes halogenated alkanes) is 1. The molecule has 7 nitrogen and oxygen atoms in total. The van der Waals surface area contributed by atoms with E-state index in [2.05, 4.69) is 15.4 Å². The second kappa shape index (κ2) is 8.38. The molecule has 0 radical (unpaired) electrons. The zero-order chi connectivity index (χ0) is 16.7. The molecule has 0 aliphatic heterocycles. The quantitative estimate of drug-likeness (QED) is 0.554. The van der Waals surface area contributed by atoms with Gasteiger partial charge in [0.2, 0.25) is 0 Å². The molecule has 7 heteroatoms. The average Bonchev–Trinajstić information content (AvgIpc) is 2.99. The number of nitrogens with zero attached hydrogens (tertiary/aromatic N) is 4. The topological polar surface area (TPSA) is 90.1 Å². The van der Waals surface area contributed by atoms with Gasteiger partial charge in [-0.05, 0) is 48.2 Å². The third kappa shape index (κ3) is 4.85. The van der Waals surface area contributed by atoms with Crippen molar-refractivity contribution >= 4 is 5.78 Å². The fourth-order valence-electron chi connectivity index (χ4n) is 2.25. The first-order chi connectivity index (χ1) is 11.1. The van der Waals surface area contributed by atoms with Crippen LogP contribution < -0.4 is 4.74 Å². The molecule has 0 spiro atoms. The Kier molecular flexibility index (Phi) is 6.22. The molecule has 0 aliphatic carbocycles.